The standard InChI is InChI=1S/C27H23N9O/c1-15(2)11-22(37)31-17-12-16(13-28-14-17)19-6-7-21-24(32-19)25(36-35-21)27-33-23-18(8-10-30-26(23)34-27)20-5-3-4-9-29-20/h3-10,12-15H,11H2,1-2H3,(H,31,37)(H,35,36)(H,30,33,34). The highest BCUT2D eigenvalue weighted by molar-refractivity contribution is 5.95. The molecule has 6 aromatic rings. The normalized spacial score (nSPS) is 11.4. The van der Waals surface area contributed by atoms with E-state index in [0.717, 1.165) is 27.9 Å². The molecule has 0 fully saturated rings. The summed E-state index contributed by atoms with van der Waals surface area (Å²) in [6, 6.07) is 13.3. The first-order valence-electron chi connectivity index (χ1n) is 11.9. The molecule has 0 radical (unpaired) electrons. The van der Waals surface area contributed by atoms with Crippen LogP contribution in [0.4, 0.5) is 5.69 Å². The molecule has 0 aromatic carbocycles. The van der Waals surface area contributed by atoms with E-state index in [9.17, 15) is 4.79 Å². The number of imidazole rings is 1. The van der Waals surface area contributed by atoms with Crippen molar-refractivity contribution < 1.29 is 4.79 Å². The van der Waals surface area contributed by atoms with Crippen molar-refractivity contribution in [3.63, 3.8) is 0 Å². The highest BCUT2D eigenvalue weighted by Gasteiger charge is 2.18. The average Bonchev–Trinajstić information content (AvgIpc) is 3.52. The minimum atomic E-state index is -0.0435. The summed E-state index contributed by atoms with van der Waals surface area (Å²) in [4.78, 5) is 38.3. The molecule has 1 amide bonds. The Bertz CT molecular complexity index is 1740. The fourth-order valence-corrected chi connectivity index (χ4v) is 4.21. The number of carbonyl (C=O) groups is 1. The first kappa shape index (κ1) is 22.5. The predicted molar refractivity (Wildman–Crippen MR) is 141 cm³/mol. The van der Waals surface area contributed by atoms with E-state index in [1.807, 2.05) is 56.3 Å². The quantitative estimate of drug-likeness (QED) is 0.299. The highest BCUT2D eigenvalue weighted by atomic mass is 16.1. The Kier molecular flexibility index (Phi) is 5.61. The van der Waals surface area contributed by atoms with Crippen molar-refractivity contribution in [2.45, 2.75) is 20.3 Å². The lowest BCUT2D eigenvalue weighted by molar-refractivity contribution is -0.116. The number of rotatable bonds is 6. The molecule has 0 spiro atoms. The number of aromatic nitrogens is 8. The van der Waals surface area contributed by atoms with Crippen LogP contribution in [0.1, 0.15) is 20.3 Å². The molecule has 6 heterocycles. The first-order valence-corrected chi connectivity index (χ1v) is 11.9. The average molecular weight is 490 g/mol. The molecule has 0 aliphatic rings. The number of hydrogen-bond donors (Lipinski definition) is 3. The molecule has 0 aliphatic carbocycles. The van der Waals surface area contributed by atoms with E-state index in [0.29, 0.717) is 40.5 Å². The second-order valence-electron chi connectivity index (χ2n) is 9.13. The van der Waals surface area contributed by atoms with Crippen LogP contribution in [0, 0.1) is 5.92 Å². The molecule has 37 heavy (non-hydrogen) atoms. The van der Waals surface area contributed by atoms with Gasteiger partial charge in [-0.25, -0.2) is 15.0 Å². The summed E-state index contributed by atoms with van der Waals surface area (Å²) in [6.07, 6.45) is 7.27. The zero-order chi connectivity index (χ0) is 25.4. The third kappa shape index (κ3) is 4.40. The monoisotopic (exact) mass is 489 g/mol. The van der Waals surface area contributed by atoms with Crippen molar-refractivity contribution in [2.75, 3.05) is 5.32 Å². The Labute approximate surface area is 211 Å². The van der Waals surface area contributed by atoms with Crippen molar-refractivity contribution in [3.8, 4) is 34.0 Å². The van der Waals surface area contributed by atoms with Gasteiger partial charge in [0.25, 0.3) is 0 Å². The van der Waals surface area contributed by atoms with Gasteiger partial charge in [0, 0.05) is 36.1 Å². The van der Waals surface area contributed by atoms with Gasteiger partial charge in [-0.3, -0.25) is 19.9 Å². The van der Waals surface area contributed by atoms with Crippen LogP contribution in [0.2, 0.25) is 0 Å². The van der Waals surface area contributed by atoms with Gasteiger partial charge in [-0.15, -0.1) is 0 Å². The molecule has 0 saturated carbocycles. The van der Waals surface area contributed by atoms with Crippen LogP contribution in [0.25, 0.3) is 56.2 Å². The number of anilines is 1. The molecule has 6 rings (SSSR count). The maximum Gasteiger partial charge on any atom is 0.224 e. The maximum absolute atomic E-state index is 12.2. The van der Waals surface area contributed by atoms with Crippen molar-refractivity contribution >= 4 is 33.8 Å². The Morgan fingerprint density at radius 2 is 1.92 bits per heavy atom. The lowest BCUT2D eigenvalue weighted by atomic mass is 10.1. The number of carbonyl (C=O) groups excluding carboxylic acids is 1. The molecule has 182 valence electrons. The summed E-state index contributed by atoms with van der Waals surface area (Å²) in [7, 11) is 0. The van der Waals surface area contributed by atoms with Crippen molar-refractivity contribution in [2.24, 2.45) is 5.92 Å². The summed E-state index contributed by atoms with van der Waals surface area (Å²) in [5, 5.41) is 10.4. The van der Waals surface area contributed by atoms with Crippen LogP contribution in [-0.2, 0) is 4.79 Å². The number of amides is 1. The minimum absolute atomic E-state index is 0.0435. The number of hydrogen-bond acceptors (Lipinski definition) is 7. The maximum atomic E-state index is 12.2. The topological polar surface area (TPSA) is 138 Å². The molecule has 0 saturated heterocycles. The van der Waals surface area contributed by atoms with Crippen molar-refractivity contribution in [1.82, 2.24) is 40.1 Å². The minimum Gasteiger partial charge on any atom is -0.335 e. The smallest absolute Gasteiger partial charge is 0.224 e. The Morgan fingerprint density at radius 3 is 2.76 bits per heavy atom. The van der Waals surface area contributed by atoms with E-state index < -0.39 is 0 Å². The van der Waals surface area contributed by atoms with Crippen LogP contribution in [0.3, 0.4) is 0 Å². The molecule has 10 nitrogen and oxygen atoms in total. The van der Waals surface area contributed by atoms with Gasteiger partial charge >= 0.3 is 0 Å². The van der Waals surface area contributed by atoms with E-state index in [-0.39, 0.29) is 11.8 Å². The molecule has 6 aromatic heterocycles. The van der Waals surface area contributed by atoms with E-state index in [4.69, 9.17) is 4.98 Å². The summed E-state index contributed by atoms with van der Waals surface area (Å²) in [5.74, 6) is 0.779. The van der Waals surface area contributed by atoms with Crippen molar-refractivity contribution in [1.29, 1.82) is 0 Å². The third-order valence-corrected chi connectivity index (χ3v) is 5.88. The Hall–Kier alpha value is -4.99. The summed E-state index contributed by atoms with van der Waals surface area (Å²) in [6.45, 7) is 4.01. The Morgan fingerprint density at radius 1 is 1.00 bits per heavy atom. The lowest BCUT2D eigenvalue weighted by Crippen LogP contribution is -2.14. The number of nitrogens with zero attached hydrogens (tertiary/aromatic N) is 6. The van der Waals surface area contributed by atoms with E-state index in [1.54, 1.807) is 24.8 Å². The SMILES string of the molecule is CC(C)CC(=O)Nc1cncc(-c2ccc3[nH]nc(-c4nc5nccc(-c6ccccn6)c5[nH]4)c3n2)c1. The van der Waals surface area contributed by atoms with Gasteiger partial charge < -0.3 is 10.3 Å². The van der Waals surface area contributed by atoms with Gasteiger partial charge in [0.2, 0.25) is 5.91 Å². The molecule has 0 bridgehead atoms. The molecular formula is C27H23N9O. The van der Waals surface area contributed by atoms with Crippen LogP contribution in [0.5, 0.6) is 0 Å². The van der Waals surface area contributed by atoms with E-state index >= 15 is 0 Å². The largest absolute Gasteiger partial charge is 0.335 e. The molecule has 3 N–H and O–H groups in total. The number of nitrogens with one attached hydrogen (secondary N) is 3. The second-order valence-corrected chi connectivity index (χ2v) is 9.13. The predicted octanol–water partition coefficient (Wildman–Crippen LogP) is 5.00. The van der Waals surface area contributed by atoms with Gasteiger partial charge in [-0.2, -0.15) is 5.10 Å². The second kappa shape index (κ2) is 9.23. The fourth-order valence-electron chi connectivity index (χ4n) is 4.21. The van der Waals surface area contributed by atoms with Gasteiger partial charge in [0.05, 0.1) is 34.3 Å². The number of H-pyrrole nitrogens is 2. The zero-order valence-electron chi connectivity index (χ0n) is 20.2. The van der Waals surface area contributed by atoms with E-state index in [2.05, 4.69) is 40.4 Å². The summed E-state index contributed by atoms with van der Waals surface area (Å²) in [5.41, 5.74) is 7.18. The molecular weight excluding hydrogens is 466 g/mol. The van der Waals surface area contributed by atoms with Crippen LogP contribution in [-0.4, -0.2) is 46.0 Å². The summed E-state index contributed by atoms with van der Waals surface area (Å²) < 4.78 is 0. The van der Waals surface area contributed by atoms with Crippen LogP contribution < -0.4 is 5.32 Å². The summed E-state index contributed by atoms with van der Waals surface area (Å²) >= 11 is 0. The number of aromatic amines is 2. The lowest BCUT2D eigenvalue weighted by Gasteiger charge is -2.08. The fraction of sp³-hybridized carbons (Fsp3) is 0.148. The molecule has 0 aliphatic heterocycles. The molecule has 10 heteroatoms. The Balaban J connectivity index is 1.38. The van der Waals surface area contributed by atoms with Crippen LogP contribution in [0.15, 0.2) is 67.3 Å². The van der Waals surface area contributed by atoms with E-state index in [1.165, 1.54) is 0 Å². The van der Waals surface area contributed by atoms with Crippen LogP contribution >= 0.6 is 0 Å². The third-order valence-electron chi connectivity index (χ3n) is 5.88. The molecule has 0 unspecified atom stereocenters. The zero-order valence-corrected chi connectivity index (χ0v) is 20.2. The first-order chi connectivity index (χ1) is 18.0. The van der Waals surface area contributed by atoms with Crippen molar-refractivity contribution in [3.05, 3.63) is 67.3 Å². The number of pyridine rings is 4. The molecule has 0 atom stereocenters. The van der Waals surface area contributed by atoms with Gasteiger partial charge in [-0.1, -0.05) is 19.9 Å². The van der Waals surface area contributed by atoms with Gasteiger partial charge in [-0.05, 0) is 42.3 Å². The van der Waals surface area contributed by atoms with Gasteiger partial charge in [0.15, 0.2) is 17.2 Å². The highest BCUT2D eigenvalue weighted by Crippen LogP contribution is 2.30. The number of fused-ring (bicyclic) bond motifs is 2. The van der Waals surface area contributed by atoms with Gasteiger partial charge in [0.1, 0.15) is 5.52 Å².